The van der Waals surface area contributed by atoms with Crippen molar-refractivity contribution in [2.45, 2.75) is 19.6 Å². The summed E-state index contributed by atoms with van der Waals surface area (Å²) in [5, 5.41) is 9.84. The number of carboxylic acid groups (broad SMARTS) is 1. The Hall–Kier alpha value is -2.55. The van der Waals surface area contributed by atoms with Gasteiger partial charge < -0.3 is 14.6 Å². The van der Waals surface area contributed by atoms with Gasteiger partial charge in [0.1, 0.15) is 17.0 Å². The molecule has 1 amide bonds. The lowest BCUT2D eigenvalue weighted by Crippen LogP contribution is -2.41. The van der Waals surface area contributed by atoms with E-state index in [1.54, 1.807) is 36.4 Å². The number of hydrogen-bond donors (Lipinski definition) is 1. The maximum absolute atomic E-state index is 12.6. The second-order valence-electron chi connectivity index (χ2n) is 6.39. The van der Waals surface area contributed by atoms with Crippen molar-refractivity contribution < 1.29 is 24.2 Å². The SMILES string of the molecule is COc1cc(C=C2SC(=S)N(C(C)C(=O)O)C2=O)ccc1OCc1ccc(Cl)cc1. The van der Waals surface area contributed by atoms with Gasteiger partial charge in [-0.1, -0.05) is 53.8 Å². The van der Waals surface area contributed by atoms with Gasteiger partial charge in [0.05, 0.1) is 12.0 Å². The lowest BCUT2D eigenvalue weighted by atomic mass is 10.1. The summed E-state index contributed by atoms with van der Waals surface area (Å²) in [4.78, 5) is 25.3. The first-order chi connectivity index (χ1) is 14.3. The van der Waals surface area contributed by atoms with E-state index in [9.17, 15) is 14.7 Å². The van der Waals surface area contributed by atoms with E-state index in [0.29, 0.717) is 33.6 Å². The lowest BCUT2D eigenvalue weighted by Gasteiger charge is -2.18. The summed E-state index contributed by atoms with van der Waals surface area (Å²) >= 11 is 12.1. The molecule has 1 aliphatic heterocycles. The van der Waals surface area contributed by atoms with Crippen LogP contribution in [0.1, 0.15) is 18.1 Å². The lowest BCUT2D eigenvalue weighted by molar-refractivity contribution is -0.144. The average molecular weight is 464 g/mol. The maximum atomic E-state index is 12.6. The van der Waals surface area contributed by atoms with Crippen LogP contribution in [-0.4, -0.2) is 39.4 Å². The first-order valence-electron chi connectivity index (χ1n) is 8.85. The Morgan fingerprint density at radius 2 is 1.97 bits per heavy atom. The van der Waals surface area contributed by atoms with E-state index in [0.717, 1.165) is 22.2 Å². The molecule has 1 saturated heterocycles. The van der Waals surface area contributed by atoms with Gasteiger partial charge in [-0.2, -0.15) is 0 Å². The highest BCUT2D eigenvalue weighted by Crippen LogP contribution is 2.36. The summed E-state index contributed by atoms with van der Waals surface area (Å²) < 4.78 is 11.5. The minimum Gasteiger partial charge on any atom is -0.493 e. The van der Waals surface area contributed by atoms with E-state index < -0.39 is 17.9 Å². The van der Waals surface area contributed by atoms with Gasteiger partial charge in [0.2, 0.25) is 0 Å². The highest BCUT2D eigenvalue weighted by Gasteiger charge is 2.38. The summed E-state index contributed by atoms with van der Waals surface area (Å²) in [6, 6.07) is 11.6. The topological polar surface area (TPSA) is 76.1 Å². The Kier molecular flexibility index (Phi) is 7.02. The number of carbonyl (C=O) groups excluding carboxylic acids is 1. The van der Waals surface area contributed by atoms with E-state index in [1.807, 2.05) is 12.1 Å². The molecule has 0 radical (unpaired) electrons. The van der Waals surface area contributed by atoms with Gasteiger partial charge in [0.15, 0.2) is 11.5 Å². The number of amides is 1. The van der Waals surface area contributed by atoms with Crippen molar-refractivity contribution in [3.8, 4) is 11.5 Å². The molecule has 0 bridgehead atoms. The Bertz CT molecular complexity index is 1020. The Morgan fingerprint density at radius 3 is 2.60 bits per heavy atom. The monoisotopic (exact) mass is 463 g/mol. The summed E-state index contributed by atoms with van der Waals surface area (Å²) in [5.41, 5.74) is 1.66. The number of methoxy groups -OCH3 is 1. The highest BCUT2D eigenvalue weighted by atomic mass is 35.5. The minimum absolute atomic E-state index is 0.219. The number of thiocarbonyl (C=S) groups is 1. The third-order valence-corrected chi connectivity index (χ3v) is 5.94. The van der Waals surface area contributed by atoms with Crippen LogP contribution in [0.15, 0.2) is 47.4 Å². The van der Waals surface area contributed by atoms with Crippen molar-refractivity contribution in [1.82, 2.24) is 4.90 Å². The van der Waals surface area contributed by atoms with Gasteiger partial charge in [-0.25, -0.2) is 4.79 Å². The molecule has 9 heteroatoms. The molecule has 6 nitrogen and oxygen atoms in total. The van der Waals surface area contributed by atoms with Crippen LogP contribution in [0.2, 0.25) is 5.02 Å². The number of thioether (sulfide) groups is 1. The van der Waals surface area contributed by atoms with Crippen molar-refractivity contribution >= 4 is 57.9 Å². The Balaban J connectivity index is 1.77. The number of nitrogens with zero attached hydrogens (tertiary/aromatic N) is 1. The van der Waals surface area contributed by atoms with Crippen LogP contribution >= 0.6 is 35.6 Å². The fourth-order valence-corrected chi connectivity index (χ4v) is 4.25. The number of benzene rings is 2. The van der Waals surface area contributed by atoms with Crippen molar-refractivity contribution in [2.75, 3.05) is 7.11 Å². The van der Waals surface area contributed by atoms with Gasteiger partial charge in [-0.3, -0.25) is 9.69 Å². The Morgan fingerprint density at radius 1 is 1.27 bits per heavy atom. The van der Waals surface area contributed by atoms with Crippen LogP contribution in [-0.2, 0) is 16.2 Å². The van der Waals surface area contributed by atoms with Crippen molar-refractivity contribution in [2.24, 2.45) is 0 Å². The number of carbonyl (C=O) groups is 2. The summed E-state index contributed by atoms with van der Waals surface area (Å²) in [6.07, 6.45) is 1.65. The zero-order chi connectivity index (χ0) is 21.8. The number of ether oxygens (including phenoxy) is 2. The molecule has 1 fully saturated rings. The van der Waals surface area contributed by atoms with Crippen LogP contribution in [0.4, 0.5) is 0 Å². The molecule has 0 aromatic heterocycles. The van der Waals surface area contributed by atoms with Crippen molar-refractivity contribution in [3.05, 3.63) is 63.5 Å². The molecular formula is C21H18ClNO5S2. The molecule has 1 unspecified atom stereocenters. The smallest absolute Gasteiger partial charge is 0.326 e. The third kappa shape index (κ3) is 4.95. The van der Waals surface area contributed by atoms with Gasteiger partial charge in [-0.15, -0.1) is 0 Å². The van der Waals surface area contributed by atoms with E-state index >= 15 is 0 Å². The second kappa shape index (κ2) is 9.51. The normalized spacial score (nSPS) is 16.1. The number of rotatable bonds is 7. The number of carboxylic acids is 1. The van der Waals surface area contributed by atoms with Gasteiger partial charge in [-0.05, 0) is 48.4 Å². The van der Waals surface area contributed by atoms with E-state index in [4.69, 9.17) is 33.3 Å². The molecule has 30 heavy (non-hydrogen) atoms. The fraction of sp³-hybridized carbons (Fsp3) is 0.190. The molecule has 1 heterocycles. The van der Waals surface area contributed by atoms with E-state index in [-0.39, 0.29) is 4.32 Å². The molecule has 156 valence electrons. The van der Waals surface area contributed by atoms with Crippen molar-refractivity contribution in [3.63, 3.8) is 0 Å². The third-order valence-electron chi connectivity index (χ3n) is 4.36. The number of aliphatic carboxylic acids is 1. The van der Waals surface area contributed by atoms with Crippen LogP contribution in [0.3, 0.4) is 0 Å². The van der Waals surface area contributed by atoms with Crippen LogP contribution in [0.5, 0.6) is 11.5 Å². The molecule has 1 atom stereocenters. The predicted octanol–water partition coefficient (Wildman–Crippen LogP) is 4.60. The molecular weight excluding hydrogens is 446 g/mol. The minimum atomic E-state index is -1.11. The van der Waals surface area contributed by atoms with Gasteiger partial charge in [0, 0.05) is 5.02 Å². The van der Waals surface area contributed by atoms with Gasteiger partial charge in [0.25, 0.3) is 5.91 Å². The number of halogens is 1. The Labute approximate surface area is 188 Å². The molecule has 3 rings (SSSR count). The first-order valence-corrected chi connectivity index (χ1v) is 10.5. The van der Waals surface area contributed by atoms with E-state index in [1.165, 1.54) is 14.0 Å². The summed E-state index contributed by atoms with van der Waals surface area (Å²) in [6.45, 7) is 1.77. The zero-order valence-corrected chi connectivity index (χ0v) is 18.5. The largest absolute Gasteiger partial charge is 0.493 e. The molecule has 1 N–H and O–H groups in total. The van der Waals surface area contributed by atoms with E-state index in [2.05, 4.69) is 0 Å². The fourth-order valence-electron chi connectivity index (χ4n) is 2.71. The van der Waals surface area contributed by atoms with Crippen molar-refractivity contribution in [1.29, 1.82) is 0 Å². The van der Waals surface area contributed by atoms with Crippen LogP contribution in [0, 0.1) is 0 Å². The average Bonchev–Trinajstić information content (AvgIpc) is 3.00. The van der Waals surface area contributed by atoms with Crippen LogP contribution < -0.4 is 9.47 Å². The molecule has 1 aliphatic rings. The molecule has 2 aromatic rings. The molecule has 0 aliphatic carbocycles. The first kappa shape index (κ1) is 22.1. The molecule has 0 spiro atoms. The standard InChI is InChI=1S/C21H18ClNO5S2/c1-12(20(25)26)23-19(24)18(30-21(23)29)10-14-5-8-16(17(9-14)27-2)28-11-13-3-6-15(22)7-4-13/h3-10,12H,11H2,1-2H3,(H,25,26). The second-order valence-corrected chi connectivity index (χ2v) is 8.50. The molecule has 2 aromatic carbocycles. The summed E-state index contributed by atoms with van der Waals surface area (Å²) in [5.74, 6) is -0.484. The van der Waals surface area contributed by atoms with Gasteiger partial charge >= 0.3 is 5.97 Å². The highest BCUT2D eigenvalue weighted by molar-refractivity contribution is 8.26. The number of hydrogen-bond acceptors (Lipinski definition) is 6. The zero-order valence-electron chi connectivity index (χ0n) is 16.1. The predicted molar refractivity (Wildman–Crippen MR) is 121 cm³/mol. The quantitative estimate of drug-likeness (QED) is 0.475. The summed E-state index contributed by atoms with van der Waals surface area (Å²) in [7, 11) is 1.53. The maximum Gasteiger partial charge on any atom is 0.326 e. The van der Waals surface area contributed by atoms with Crippen LogP contribution in [0.25, 0.3) is 6.08 Å². The molecule has 0 saturated carbocycles.